The predicted octanol–water partition coefficient (Wildman–Crippen LogP) is 14.1. The summed E-state index contributed by atoms with van der Waals surface area (Å²) < 4.78 is 38.1. The lowest BCUT2D eigenvalue weighted by Crippen LogP contribution is -2.24. The first-order valence-corrected chi connectivity index (χ1v) is 19.8. The maximum Gasteiger partial charge on any atom is 0.137 e. The van der Waals surface area contributed by atoms with Gasteiger partial charge in [0, 0.05) is 46.4 Å². The molecule has 288 valence electrons. The standard InChI is InChI=1S/C52H40F2N4O/c1-52(2,3)37-23-24-55-51(29-37)58-47-18-10-8-16-44(47)45-22-21-41(32-50(45)58)59-42-28-35(34-13-5-4-6-14-34)27-40(31-42)56-33-57(49-20-12-11-19-48(49)56)46-17-9-7-15-43(46)36-25-38(53)30-39(54)26-36/h4-32H,33H2,1-3H3. The number of fused-ring (bicyclic) bond motifs is 4. The monoisotopic (exact) mass is 774 g/mol. The summed E-state index contributed by atoms with van der Waals surface area (Å²) in [5, 5.41) is 2.26. The summed E-state index contributed by atoms with van der Waals surface area (Å²) in [6, 6.07) is 55.3. The normalized spacial score (nSPS) is 12.7. The molecule has 0 atom stereocenters. The molecule has 0 N–H and O–H groups in total. The highest BCUT2D eigenvalue weighted by atomic mass is 19.1. The number of rotatable bonds is 7. The molecule has 0 fully saturated rings. The van der Waals surface area contributed by atoms with Gasteiger partial charge < -0.3 is 14.5 Å². The fourth-order valence-electron chi connectivity index (χ4n) is 8.30. The molecule has 0 aliphatic carbocycles. The van der Waals surface area contributed by atoms with Crippen molar-refractivity contribution in [1.29, 1.82) is 0 Å². The molecule has 9 aromatic rings. The Morgan fingerprint density at radius 3 is 1.98 bits per heavy atom. The molecule has 5 nitrogen and oxygen atoms in total. The molecule has 0 amide bonds. The molecule has 0 saturated carbocycles. The van der Waals surface area contributed by atoms with Gasteiger partial charge in [0.2, 0.25) is 0 Å². The van der Waals surface area contributed by atoms with E-state index in [0.29, 0.717) is 23.7 Å². The van der Waals surface area contributed by atoms with Crippen LogP contribution >= 0.6 is 0 Å². The minimum atomic E-state index is -0.615. The number of aromatic nitrogens is 2. The van der Waals surface area contributed by atoms with Crippen molar-refractivity contribution in [2.75, 3.05) is 16.5 Å². The maximum absolute atomic E-state index is 14.5. The number of halogens is 2. The molecule has 0 unspecified atom stereocenters. The van der Waals surface area contributed by atoms with Crippen LogP contribution in [0.4, 0.5) is 31.5 Å². The van der Waals surface area contributed by atoms with E-state index in [-0.39, 0.29) is 5.41 Å². The largest absolute Gasteiger partial charge is 0.457 e. The van der Waals surface area contributed by atoms with Crippen molar-refractivity contribution in [3.63, 3.8) is 0 Å². The second kappa shape index (κ2) is 14.3. The fourth-order valence-corrected chi connectivity index (χ4v) is 8.30. The van der Waals surface area contributed by atoms with Gasteiger partial charge in [0.1, 0.15) is 35.6 Å². The Morgan fingerprint density at radius 1 is 0.525 bits per heavy atom. The van der Waals surface area contributed by atoms with Gasteiger partial charge >= 0.3 is 0 Å². The SMILES string of the molecule is CC(C)(C)c1ccnc(-n2c3ccccc3c3ccc(Oc4cc(-c5ccccc5)cc(N5CN(c6ccccc6-c6cc(F)cc(F)c6)c6ccccc65)c4)cc32)c1. The molecule has 0 saturated heterocycles. The van der Waals surface area contributed by atoms with Gasteiger partial charge in [-0.05, 0) is 100 Å². The van der Waals surface area contributed by atoms with Crippen LogP contribution in [0.2, 0.25) is 0 Å². The van der Waals surface area contributed by atoms with Crippen molar-refractivity contribution in [3.05, 3.63) is 193 Å². The van der Waals surface area contributed by atoms with Crippen LogP contribution in [0.25, 0.3) is 49.9 Å². The van der Waals surface area contributed by atoms with E-state index in [9.17, 15) is 8.78 Å². The van der Waals surface area contributed by atoms with Crippen LogP contribution in [-0.4, -0.2) is 16.2 Å². The summed E-state index contributed by atoms with van der Waals surface area (Å²) in [5.41, 5.74) is 10.3. The lowest BCUT2D eigenvalue weighted by molar-refractivity contribution is 0.483. The average molecular weight is 775 g/mol. The van der Waals surface area contributed by atoms with Gasteiger partial charge in [-0.25, -0.2) is 13.8 Å². The second-order valence-corrected chi connectivity index (χ2v) is 16.0. The van der Waals surface area contributed by atoms with Crippen LogP contribution in [0.15, 0.2) is 176 Å². The van der Waals surface area contributed by atoms with E-state index in [1.807, 2.05) is 66.9 Å². The predicted molar refractivity (Wildman–Crippen MR) is 237 cm³/mol. The third-order valence-corrected chi connectivity index (χ3v) is 11.1. The molecule has 2 aromatic heterocycles. The van der Waals surface area contributed by atoms with E-state index in [1.165, 1.54) is 17.7 Å². The van der Waals surface area contributed by atoms with Crippen molar-refractivity contribution < 1.29 is 13.5 Å². The fraction of sp³-hybridized carbons (Fsp3) is 0.0962. The number of nitrogens with zero attached hydrogens (tertiary/aromatic N) is 4. The number of hydrogen-bond donors (Lipinski definition) is 0. The molecule has 1 aliphatic heterocycles. The number of anilines is 4. The van der Waals surface area contributed by atoms with Crippen LogP contribution in [0.1, 0.15) is 26.3 Å². The highest BCUT2D eigenvalue weighted by molar-refractivity contribution is 6.09. The van der Waals surface area contributed by atoms with Crippen LogP contribution in [0, 0.1) is 11.6 Å². The van der Waals surface area contributed by atoms with E-state index in [0.717, 1.165) is 73.1 Å². The smallest absolute Gasteiger partial charge is 0.137 e. The average Bonchev–Trinajstić information content (AvgIpc) is 3.79. The first-order valence-electron chi connectivity index (χ1n) is 19.8. The molecule has 7 aromatic carbocycles. The lowest BCUT2D eigenvalue weighted by Gasteiger charge is -2.25. The number of ether oxygens (including phenoxy) is 1. The summed E-state index contributed by atoms with van der Waals surface area (Å²) in [4.78, 5) is 9.32. The Kier molecular flexibility index (Phi) is 8.75. The summed E-state index contributed by atoms with van der Waals surface area (Å²) in [6.45, 7) is 7.11. The molecular weight excluding hydrogens is 735 g/mol. The molecule has 10 rings (SSSR count). The van der Waals surface area contributed by atoms with Crippen molar-refractivity contribution in [3.8, 4) is 39.6 Å². The minimum absolute atomic E-state index is 0.0385. The van der Waals surface area contributed by atoms with E-state index >= 15 is 0 Å². The summed E-state index contributed by atoms with van der Waals surface area (Å²) >= 11 is 0. The minimum Gasteiger partial charge on any atom is -0.457 e. The molecule has 7 heteroatoms. The van der Waals surface area contributed by atoms with E-state index in [1.54, 1.807) is 0 Å². The molecule has 59 heavy (non-hydrogen) atoms. The second-order valence-electron chi connectivity index (χ2n) is 16.0. The number of benzene rings is 7. The highest BCUT2D eigenvalue weighted by Crippen LogP contribution is 2.48. The van der Waals surface area contributed by atoms with Gasteiger partial charge in [0.15, 0.2) is 0 Å². The van der Waals surface area contributed by atoms with Crippen molar-refractivity contribution in [1.82, 2.24) is 9.55 Å². The number of pyridine rings is 1. The summed E-state index contributed by atoms with van der Waals surface area (Å²) in [7, 11) is 0. The Labute approximate surface area is 342 Å². The topological polar surface area (TPSA) is 33.5 Å². The number of hydrogen-bond acceptors (Lipinski definition) is 4. The Bertz CT molecular complexity index is 3020. The van der Waals surface area contributed by atoms with Crippen LogP contribution in [-0.2, 0) is 5.41 Å². The number of para-hydroxylation sites is 4. The first kappa shape index (κ1) is 36.1. The van der Waals surface area contributed by atoms with Crippen LogP contribution in [0.5, 0.6) is 11.5 Å². The molecule has 3 heterocycles. The molecule has 1 aliphatic rings. The Hall–Kier alpha value is -7.25. The van der Waals surface area contributed by atoms with Gasteiger partial charge in [-0.1, -0.05) is 99.6 Å². The Morgan fingerprint density at radius 2 is 1.20 bits per heavy atom. The third kappa shape index (κ3) is 6.64. The summed E-state index contributed by atoms with van der Waals surface area (Å²) in [5.74, 6) is 1.01. The zero-order valence-corrected chi connectivity index (χ0v) is 32.9. The third-order valence-electron chi connectivity index (χ3n) is 11.1. The van der Waals surface area contributed by atoms with Crippen molar-refractivity contribution in [2.24, 2.45) is 0 Å². The van der Waals surface area contributed by atoms with Gasteiger partial charge in [0.25, 0.3) is 0 Å². The molecular formula is C52H40F2N4O. The quantitative estimate of drug-likeness (QED) is 0.161. The van der Waals surface area contributed by atoms with Gasteiger partial charge in [-0.3, -0.25) is 4.57 Å². The molecule has 0 bridgehead atoms. The van der Waals surface area contributed by atoms with E-state index in [4.69, 9.17) is 9.72 Å². The zero-order chi connectivity index (χ0) is 40.3. The molecule has 0 radical (unpaired) electrons. The van der Waals surface area contributed by atoms with Crippen molar-refractivity contribution >= 4 is 44.6 Å². The molecule has 0 spiro atoms. The lowest BCUT2D eigenvalue weighted by atomic mass is 9.88. The zero-order valence-electron chi connectivity index (χ0n) is 32.9. The maximum atomic E-state index is 14.5. The van der Waals surface area contributed by atoms with Crippen LogP contribution < -0.4 is 14.5 Å². The van der Waals surface area contributed by atoms with Gasteiger partial charge in [-0.2, -0.15) is 0 Å². The van der Waals surface area contributed by atoms with Gasteiger partial charge in [0.05, 0.1) is 28.1 Å². The summed E-state index contributed by atoms with van der Waals surface area (Å²) in [6.07, 6.45) is 1.89. The van der Waals surface area contributed by atoms with E-state index in [2.05, 4.69) is 126 Å². The van der Waals surface area contributed by atoms with Gasteiger partial charge in [-0.15, -0.1) is 0 Å². The van der Waals surface area contributed by atoms with Crippen molar-refractivity contribution in [2.45, 2.75) is 26.2 Å². The Balaban J connectivity index is 1.08. The van der Waals surface area contributed by atoms with E-state index < -0.39 is 11.6 Å². The van der Waals surface area contributed by atoms with Crippen LogP contribution in [0.3, 0.4) is 0 Å². The first-order chi connectivity index (χ1) is 28.7. The highest BCUT2D eigenvalue weighted by Gasteiger charge is 2.30.